The van der Waals surface area contributed by atoms with Crippen LogP contribution in [-0.2, 0) is 22.4 Å². The van der Waals surface area contributed by atoms with Crippen molar-refractivity contribution < 1.29 is 14.4 Å². The Labute approximate surface area is 121 Å². The van der Waals surface area contributed by atoms with Gasteiger partial charge < -0.3 is 15.0 Å². The number of morpholine rings is 1. The normalized spacial score (nSPS) is 16.1. The zero-order valence-corrected chi connectivity index (χ0v) is 12.5. The molecule has 1 aliphatic rings. The molecule has 0 aliphatic carbocycles. The molecule has 1 heterocycles. The molecule has 0 atom stereocenters. The number of ether oxygens (including phenoxy) is 1. The molecule has 0 saturated carbocycles. The van der Waals surface area contributed by atoms with Gasteiger partial charge in [0.2, 0.25) is 0 Å². The Hall–Kier alpha value is -1.39. The maximum atomic E-state index is 12.2. The fourth-order valence-electron chi connectivity index (χ4n) is 2.65. The number of rotatable bonds is 5. The third-order valence-corrected chi connectivity index (χ3v) is 3.87. The Morgan fingerprint density at radius 1 is 1.20 bits per heavy atom. The molecule has 1 aromatic rings. The van der Waals surface area contributed by atoms with Crippen molar-refractivity contribution in [2.24, 2.45) is 0 Å². The van der Waals surface area contributed by atoms with Gasteiger partial charge in [-0.05, 0) is 24.0 Å². The molecule has 4 heteroatoms. The highest BCUT2D eigenvalue weighted by molar-refractivity contribution is 5.93. The lowest BCUT2D eigenvalue weighted by Gasteiger charge is -2.23. The van der Waals surface area contributed by atoms with Crippen molar-refractivity contribution in [2.45, 2.75) is 26.7 Å². The van der Waals surface area contributed by atoms with Crippen molar-refractivity contribution in [3.63, 3.8) is 0 Å². The van der Waals surface area contributed by atoms with E-state index in [-0.39, 0.29) is 5.91 Å². The van der Waals surface area contributed by atoms with E-state index >= 15 is 0 Å². The molecular formula is C16H25N2O2+. The van der Waals surface area contributed by atoms with E-state index < -0.39 is 0 Å². The van der Waals surface area contributed by atoms with Gasteiger partial charge >= 0.3 is 0 Å². The Kier molecular flexibility index (Phi) is 5.56. The van der Waals surface area contributed by atoms with Gasteiger partial charge in [0.1, 0.15) is 13.1 Å². The van der Waals surface area contributed by atoms with E-state index in [1.54, 1.807) is 0 Å². The number of carbonyl (C=O) groups is 1. The molecule has 2 N–H and O–H groups in total. The second-order valence-corrected chi connectivity index (χ2v) is 5.25. The summed E-state index contributed by atoms with van der Waals surface area (Å²) >= 11 is 0. The van der Waals surface area contributed by atoms with Crippen molar-refractivity contribution in [3.8, 4) is 0 Å². The quantitative estimate of drug-likeness (QED) is 0.830. The third-order valence-electron chi connectivity index (χ3n) is 3.87. The third kappa shape index (κ3) is 3.81. The lowest BCUT2D eigenvalue weighted by Crippen LogP contribution is -3.15. The van der Waals surface area contributed by atoms with Crippen LogP contribution in [0.5, 0.6) is 0 Å². The molecule has 1 aliphatic heterocycles. The van der Waals surface area contributed by atoms with Crippen molar-refractivity contribution in [3.05, 3.63) is 29.3 Å². The Morgan fingerprint density at radius 3 is 2.35 bits per heavy atom. The molecule has 0 spiro atoms. The van der Waals surface area contributed by atoms with Gasteiger partial charge in [-0.2, -0.15) is 0 Å². The summed E-state index contributed by atoms with van der Waals surface area (Å²) in [5.74, 6) is 0.109. The van der Waals surface area contributed by atoms with Crippen LogP contribution in [0.4, 0.5) is 5.69 Å². The first-order valence-electron chi connectivity index (χ1n) is 7.56. The summed E-state index contributed by atoms with van der Waals surface area (Å²) in [6, 6.07) is 6.26. The van der Waals surface area contributed by atoms with Gasteiger partial charge in [0.05, 0.1) is 13.2 Å². The van der Waals surface area contributed by atoms with Gasteiger partial charge in [-0.25, -0.2) is 0 Å². The average molecular weight is 277 g/mol. The van der Waals surface area contributed by atoms with Crippen LogP contribution in [0.15, 0.2) is 18.2 Å². The van der Waals surface area contributed by atoms with E-state index in [1.807, 2.05) is 0 Å². The van der Waals surface area contributed by atoms with E-state index in [4.69, 9.17) is 4.74 Å². The van der Waals surface area contributed by atoms with Crippen LogP contribution in [0.2, 0.25) is 0 Å². The summed E-state index contributed by atoms with van der Waals surface area (Å²) < 4.78 is 5.32. The second kappa shape index (κ2) is 7.41. The summed E-state index contributed by atoms with van der Waals surface area (Å²) in [7, 11) is 0. The summed E-state index contributed by atoms with van der Waals surface area (Å²) in [6.07, 6.45) is 1.88. The fraction of sp³-hybridized carbons (Fsp3) is 0.562. The predicted octanol–water partition coefficient (Wildman–Crippen LogP) is 0.665. The molecule has 1 saturated heterocycles. The number of quaternary nitrogens is 1. The number of hydrogen-bond acceptors (Lipinski definition) is 2. The minimum Gasteiger partial charge on any atom is -0.370 e. The molecule has 110 valence electrons. The average Bonchev–Trinajstić information content (AvgIpc) is 2.48. The van der Waals surface area contributed by atoms with Crippen molar-refractivity contribution in [2.75, 3.05) is 38.2 Å². The number of anilines is 1. The van der Waals surface area contributed by atoms with E-state index in [2.05, 4.69) is 37.4 Å². The van der Waals surface area contributed by atoms with Gasteiger partial charge in [0, 0.05) is 5.69 Å². The van der Waals surface area contributed by atoms with Gasteiger partial charge in [0.25, 0.3) is 5.91 Å². The monoisotopic (exact) mass is 277 g/mol. The summed E-state index contributed by atoms with van der Waals surface area (Å²) in [6.45, 7) is 8.13. The van der Waals surface area contributed by atoms with Crippen LogP contribution in [0.1, 0.15) is 25.0 Å². The topological polar surface area (TPSA) is 42.8 Å². The number of para-hydroxylation sites is 1. The molecule has 4 nitrogen and oxygen atoms in total. The van der Waals surface area contributed by atoms with E-state index in [0.717, 1.165) is 44.8 Å². The smallest absolute Gasteiger partial charge is 0.279 e. The maximum Gasteiger partial charge on any atom is 0.279 e. The van der Waals surface area contributed by atoms with E-state index in [1.165, 1.54) is 16.0 Å². The highest BCUT2D eigenvalue weighted by Gasteiger charge is 2.18. The number of amides is 1. The summed E-state index contributed by atoms with van der Waals surface area (Å²) in [5, 5.41) is 3.13. The fourth-order valence-corrected chi connectivity index (χ4v) is 2.65. The number of carbonyl (C=O) groups excluding carboxylic acids is 1. The first-order chi connectivity index (χ1) is 9.74. The molecular weight excluding hydrogens is 252 g/mol. The minimum atomic E-state index is 0.109. The second-order valence-electron chi connectivity index (χ2n) is 5.25. The molecule has 0 radical (unpaired) electrons. The lowest BCUT2D eigenvalue weighted by molar-refractivity contribution is -0.899. The first-order valence-corrected chi connectivity index (χ1v) is 7.56. The molecule has 1 amide bonds. The standard InChI is InChI=1S/C16H24N2O2/c1-3-13-6-5-7-14(4-2)16(13)17-15(19)12-18-8-10-20-11-9-18/h5-7H,3-4,8-12H2,1-2H3,(H,17,19)/p+1. The largest absolute Gasteiger partial charge is 0.370 e. The number of aryl methyl sites for hydroxylation is 2. The predicted molar refractivity (Wildman–Crippen MR) is 80.2 cm³/mol. The first kappa shape index (κ1) is 15.0. The van der Waals surface area contributed by atoms with Crippen LogP contribution >= 0.6 is 0 Å². The van der Waals surface area contributed by atoms with Gasteiger partial charge in [-0.3, -0.25) is 4.79 Å². The van der Waals surface area contributed by atoms with Crippen LogP contribution in [0.25, 0.3) is 0 Å². The SMILES string of the molecule is CCc1cccc(CC)c1NC(=O)C[NH+]1CCOCC1. The Morgan fingerprint density at radius 2 is 1.80 bits per heavy atom. The van der Waals surface area contributed by atoms with E-state index in [0.29, 0.717) is 6.54 Å². The maximum absolute atomic E-state index is 12.2. The van der Waals surface area contributed by atoms with Crippen LogP contribution < -0.4 is 10.2 Å². The molecule has 1 aromatic carbocycles. The van der Waals surface area contributed by atoms with Crippen LogP contribution in [0.3, 0.4) is 0 Å². The van der Waals surface area contributed by atoms with Crippen molar-refractivity contribution >= 4 is 11.6 Å². The van der Waals surface area contributed by atoms with E-state index in [9.17, 15) is 4.79 Å². The number of nitrogens with one attached hydrogen (secondary N) is 2. The molecule has 1 fully saturated rings. The molecule has 0 aromatic heterocycles. The summed E-state index contributed by atoms with van der Waals surface area (Å²) in [5.41, 5.74) is 3.46. The van der Waals surface area contributed by atoms with Crippen LogP contribution in [-0.4, -0.2) is 38.8 Å². The summed E-state index contributed by atoms with van der Waals surface area (Å²) in [4.78, 5) is 13.6. The van der Waals surface area contributed by atoms with Crippen LogP contribution in [0, 0.1) is 0 Å². The number of hydrogen-bond donors (Lipinski definition) is 2. The Balaban J connectivity index is 2.02. The molecule has 20 heavy (non-hydrogen) atoms. The highest BCUT2D eigenvalue weighted by Crippen LogP contribution is 2.22. The van der Waals surface area contributed by atoms with Crippen molar-refractivity contribution in [1.29, 1.82) is 0 Å². The zero-order chi connectivity index (χ0) is 14.4. The molecule has 0 bridgehead atoms. The van der Waals surface area contributed by atoms with Gasteiger partial charge in [0.15, 0.2) is 6.54 Å². The molecule has 0 unspecified atom stereocenters. The minimum absolute atomic E-state index is 0.109. The highest BCUT2D eigenvalue weighted by atomic mass is 16.5. The lowest BCUT2D eigenvalue weighted by atomic mass is 10.0. The Bertz CT molecular complexity index is 432. The van der Waals surface area contributed by atoms with Crippen molar-refractivity contribution in [1.82, 2.24) is 0 Å². The zero-order valence-electron chi connectivity index (χ0n) is 12.5. The number of benzene rings is 1. The van der Waals surface area contributed by atoms with Gasteiger partial charge in [-0.1, -0.05) is 32.0 Å². The molecule has 2 rings (SSSR count). The van der Waals surface area contributed by atoms with Gasteiger partial charge in [-0.15, -0.1) is 0 Å².